The molecule has 5 fully saturated rings. The molecule has 0 amide bonds. The zero-order valence-electron chi connectivity index (χ0n) is 19.9. The lowest BCUT2D eigenvalue weighted by Gasteiger charge is -2.60. The molecule has 5 rings (SSSR count). The third-order valence-electron chi connectivity index (χ3n) is 11.0. The number of hydrogen-bond donors (Lipinski definition) is 2. The van der Waals surface area contributed by atoms with Gasteiger partial charge in [0.2, 0.25) is 0 Å². The van der Waals surface area contributed by atoms with Crippen LogP contribution < -0.4 is 0 Å². The Balaban J connectivity index is 1.39. The molecule has 5 aliphatic rings. The highest BCUT2D eigenvalue weighted by atomic mass is 16.6. The van der Waals surface area contributed by atoms with Gasteiger partial charge in [-0.3, -0.25) is 0 Å². The van der Waals surface area contributed by atoms with Gasteiger partial charge in [0.05, 0.1) is 12.2 Å². The Hall–Kier alpha value is -0.380. The van der Waals surface area contributed by atoms with Gasteiger partial charge in [-0.15, -0.1) is 0 Å². The zero-order valence-corrected chi connectivity index (χ0v) is 19.9. The molecule has 30 heavy (non-hydrogen) atoms. The third-order valence-corrected chi connectivity index (χ3v) is 11.0. The molecule has 0 aromatic carbocycles. The molecule has 0 aromatic heterocycles. The lowest BCUT2D eigenvalue weighted by molar-refractivity contribution is -0.151. The van der Waals surface area contributed by atoms with Crippen LogP contribution in [-0.4, -0.2) is 34.1 Å². The van der Waals surface area contributed by atoms with Crippen molar-refractivity contribution in [3.8, 4) is 0 Å². The smallest absolute Gasteiger partial charge is 0.114 e. The highest BCUT2D eigenvalue weighted by Gasteiger charge is 2.79. The van der Waals surface area contributed by atoms with E-state index in [2.05, 4.69) is 40.7 Å². The van der Waals surface area contributed by atoms with Crippen molar-refractivity contribution in [3.63, 3.8) is 0 Å². The van der Waals surface area contributed by atoms with Crippen LogP contribution in [0.3, 0.4) is 0 Å². The molecule has 3 nitrogen and oxygen atoms in total. The minimum Gasteiger partial charge on any atom is -0.393 e. The first kappa shape index (κ1) is 21.5. The molecule has 1 spiro atoms. The van der Waals surface area contributed by atoms with Gasteiger partial charge in [-0.2, -0.15) is 0 Å². The van der Waals surface area contributed by atoms with Crippen LogP contribution in [0.1, 0.15) is 92.4 Å². The standard InChI is InChI=1S/C27H44O3/c1-16(2)7-6-8-17(3)19-9-10-20-22-21(12-13-25(19,20)4)26(5)14-11-18(28)15-27(26)24(30-27)23(22)29/h7,17-24,28-29H,6,8-15H2,1-5H3/t17-,18+,19-,20?,21?,22?,23-,24-,25-,26-,27-/m1/s1. The Kier molecular flexibility index (Phi) is 5.05. The van der Waals surface area contributed by atoms with Gasteiger partial charge in [0.25, 0.3) is 0 Å². The van der Waals surface area contributed by atoms with Gasteiger partial charge in [-0.05, 0) is 100 Å². The molecular formula is C27H44O3. The van der Waals surface area contributed by atoms with E-state index in [1.54, 1.807) is 0 Å². The van der Waals surface area contributed by atoms with Crippen LogP contribution >= 0.6 is 0 Å². The van der Waals surface area contributed by atoms with Crippen LogP contribution in [-0.2, 0) is 4.74 Å². The second-order valence-corrected chi connectivity index (χ2v) is 12.6. The van der Waals surface area contributed by atoms with Crippen LogP contribution in [0.15, 0.2) is 11.6 Å². The second kappa shape index (κ2) is 7.06. The molecule has 0 bridgehead atoms. The predicted molar refractivity (Wildman–Crippen MR) is 120 cm³/mol. The lowest BCUT2D eigenvalue weighted by atomic mass is 9.43. The van der Waals surface area contributed by atoms with E-state index in [9.17, 15) is 10.2 Å². The van der Waals surface area contributed by atoms with E-state index in [1.807, 2.05) is 0 Å². The number of aliphatic hydroxyl groups excluding tert-OH is 2. The molecular weight excluding hydrogens is 372 g/mol. The third kappa shape index (κ3) is 2.80. The topological polar surface area (TPSA) is 53.0 Å². The van der Waals surface area contributed by atoms with Crippen LogP contribution in [0.25, 0.3) is 0 Å². The molecule has 1 aliphatic heterocycles. The van der Waals surface area contributed by atoms with Crippen LogP contribution in [0, 0.1) is 40.4 Å². The molecule has 1 saturated heterocycles. The first-order valence-corrected chi connectivity index (χ1v) is 12.8. The number of ether oxygens (including phenoxy) is 1. The van der Waals surface area contributed by atoms with Gasteiger partial charge in [0, 0.05) is 11.8 Å². The fourth-order valence-electron chi connectivity index (χ4n) is 9.45. The molecule has 11 atom stereocenters. The Morgan fingerprint density at radius 2 is 1.83 bits per heavy atom. The minimum atomic E-state index is -0.335. The van der Waals surface area contributed by atoms with Crippen molar-refractivity contribution in [2.75, 3.05) is 0 Å². The van der Waals surface area contributed by atoms with Gasteiger partial charge in [0.15, 0.2) is 0 Å². The fourth-order valence-corrected chi connectivity index (χ4v) is 9.45. The fraction of sp³-hybridized carbons (Fsp3) is 0.926. The number of hydrogen-bond acceptors (Lipinski definition) is 3. The van der Waals surface area contributed by atoms with Gasteiger partial charge >= 0.3 is 0 Å². The summed E-state index contributed by atoms with van der Waals surface area (Å²) in [4.78, 5) is 0. The quantitative estimate of drug-likeness (QED) is 0.470. The maximum absolute atomic E-state index is 11.5. The van der Waals surface area contributed by atoms with Crippen LogP contribution in [0.4, 0.5) is 0 Å². The Morgan fingerprint density at radius 3 is 2.57 bits per heavy atom. The Labute approximate surface area is 183 Å². The molecule has 0 aromatic rings. The summed E-state index contributed by atoms with van der Waals surface area (Å²) in [5, 5.41) is 21.9. The summed E-state index contributed by atoms with van der Waals surface area (Å²) in [6.45, 7) is 11.9. The average molecular weight is 417 g/mol. The summed E-state index contributed by atoms with van der Waals surface area (Å²) in [7, 11) is 0. The first-order chi connectivity index (χ1) is 14.1. The number of rotatable bonds is 4. The van der Waals surface area contributed by atoms with E-state index in [-0.39, 0.29) is 29.3 Å². The Bertz CT molecular complexity index is 713. The first-order valence-electron chi connectivity index (χ1n) is 12.8. The van der Waals surface area contributed by atoms with Crippen LogP contribution in [0.2, 0.25) is 0 Å². The van der Waals surface area contributed by atoms with Crippen molar-refractivity contribution in [2.45, 2.75) is 116 Å². The maximum Gasteiger partial charge on any atom is 0.114 e. The van der Waals surface area contributed by atoms with Crippen molar-refractivity contribution in [2.24, 2.45) is 40.4 Å². The van der Waals surface area contributed by atoms with E-state index < -0.39 is 0 Å². The SMILES string of the molecule is CC(C)=CCC[C@@H](C)[C@H]1CCC2C3C(CC[C@@]21C)[C@@]1(C)CC[C@H](O)C[C@]12O[C@@H]2[C@@H]3O. The largest absolute Gasteiger partial charge is 0.393 e. The predicted octanol–water partition coefficient (Wildman–Crippen LogP) is 5.49. The lowest BCUT2D eigenvalue weighted by Crippen LogP contribution is -2.63. The number of allylic oxidation sites excluding steroid dienone is 2. The van der Waals surface area contributed by atoms with Crippen LogP contribution in [0.5, 0.6) is 0 Å². The Morgan fingerprint density at radius 1 is 1.07 bits per heavy atom. The van der Waals surface area contributed by atoms with Gasteiger partial charge in [-0.1, -0.05) is 32.4 Å². The van der Waals surface area contributed by atoms with Gasteiger partial charge in [-0.25, -0.2) is 0 Å². The monoisotopic (exact) mass is 416 g/mol. The molecule has 1 heterocycles. The summed E-state index contributed by atoms with van der Waals surface area (Å²) in [6.07, 6.45) is 12.1. The number of epoxide rings is 1. The van der Waals surface area contributed by atoms with E-state index in [1.165, 1.54) is 44.1 Å². The number of aliphatic hydroxyl groups is 2. The summed E-state index contributed by atoms with van der Waals surface area (Å²) >= 11 is 0. The molecule has 0 radical (unpaired) electrons. The van der Waals surface area contributed by atoms with Crippen molar-refractivity contribution < 1.29 is 14.9 Å². The summed E-state index contributed by atoms with van der Waals surface area (Å²) in [5.41, 5.74) is 1.69. The van der Waals surface area contributed by atoms with Crippen molar-refractivity contribution >= 4 is 0 Å². The van der Waals surface area contributed by atoms with Gasteiger partial charge in [0.1, 0.15) is 11.7 Å². The molecule has 170 valence electrons. The van der Waals surface area contributed by atoms with Crippen molar-refractivity contribution in [1.29, 1.82) is 0 Å². The highest BCUT2D eigenvalue weighted by Crippen LogP contribution is 2.74. The average Bonchev–Trinajstić information content (AvgIpc) is 3.29. The van der Waals surface area contributed by atoms with Gasteiger partial charge < -0.3 is 14.9 Å². The van der Waals surface area contributed by atoms with E-state index >= 15 is 0 Å². The maximum atomic E-state index is 11.5. The van der Waals surface area contributed by atoms with E-state index in [0.717, 1.165) is 31.1 Å². The van der Waals surface area contributed by atoms with E-state index in [4.69, 9.17) is 4.74 Å². The molecule has 4 aliphatic carbocycles. The normalized spacial score (nSPS) is 55.0. The number of fused-ring (bicyclic) bond motifs is 4. The van der Waals surface area contributed by atoms with E-state index in [0.29, 0.717) is 23.2 Å². The minimum absolute atomic E-state index is 0.0322. The molecule has 3 unspecified atom stereocenters. The molecule has 2 N–H and O–H groups in total. The summed E-state index contributed by atoms with van der Waals surface area (Å²) in [5.74, 6) is 3.11. The van der Waals surface area contributed by atoms with Crippen molar-refractivity contribution in [3.05, 3.63) is 11.6 Å². The molecule has 3 heteroatoms. The second-order valence-electron chi connectivity index (χ2n) is 12.6. The highest BCUT2D eigenvalue weighted by molar-refractivity contribution is 5.27. The van der Waals surface area contributed by atoms with Crippen molar-refractivity contribution in [1.82, 2.24) is 0 Å². The summed E-state index contributed by atoms with van der Waals surface area (Å²) < 4.78 is 6.36. The zero-order chi connectivity index (χ0) is 21.5. The summed E-state index contributed by atoms with van der Waals surface area (Å²) in [6, 6.07) is 0. The molecule has 4 saturated carbocycles.